The van der Waals surface area contributed by atoms with Crippen molar-refractivity contribution in [2.45, 2.75) is 25.3 Å². The molecule has 0 aromatic heterocycles. The smallest absolute Gasteiger partial charge is 0.323 e. The molecule has 0 spiro atoms. The van der Waals surface area contributed by atoms with Crippen molar-refractivity contribution in [1.82, 2.24) is 5.06 Å². The third-order valence-corrected chi connectivity index (χ3v) is 2.05. The molecule has 76 valence electrons. The summed E-state index contributed by atoms with van der Waals surface area (Å²) in [6, 6.07) is -0.501. The molecule has 0 radical (unpaired) electrons. The monoisotopic (exact) mass is 189 g/mol. The Morgan fingerprint density at radius 1 is 1.62 bits per heavy atom. The van der Waals surface area contributed by atoms with Crippen LogP contribution in [0.3, 0.4) is 0 Å². The third-order valence-electron chi connectivity index (χ3n) is 2.05. The van der Waals surface area contributed by atoms with E-state index in [0.717, 1.165) is 6.42 Å². The normalized spacial score (nSPS) is 23.6. The SMILES string of the molecule is O=C(O)[C@@H]1CCCN1OCCCO. The average molecular weight is 189 g/mol. The predicted molar refractivity (Wildman–Crippen MR) is 45.0 cm³/mol. The Kier molecular flexibility index (Phi) is 4.14. The number of hydrogen-bond acceptors (Lipinski definition) is 4. The number of aliphatic hydroxyl groups excluding tert-OH is 1. The van der Waals surface area contributed by atoms with Gasteiger partial charge in [-0.25, -0.2) is 0 Å². The van der Waals surface area contributed by atoms with Gasteiger partial charge in [0, 0.05) is 13.2 Å². The van der Waals surface area contributed by atoms with Crippen LogP contribution in [0.2, 0.25) is 0 Å². The van der Waals surface area contributed by atoms with E-state index < -0.39 is 12.0 Å². The highest BCUT2D eigenvalue weighted by atomic mass is 16.7. The second-order valence-corrected chi connectivity index (χ2v) is 3.05. The van der Waals surface area contributed by atoms with E-state index in [9.17, 15) is 4.79 Å². The summed E-state index contributed by atoms with van der Waals surface area (Å²) in [5.41, 5.74) is 0. The van der Waals surface area contributed by atoms with Crippen LogP contribution in [0.25, 0.3) is 0 Å². The molecule has 1 atom stereocenters. The van der Waals surface area contributed by atoms with E-state index in [2.05, 4.69) is 0 Å². The van der Waals surface area contributed by atoms with Crippen molar-refractivity contribution in [3.8, 4) is 0 Å². The van der Waals surface area contributed by atoms with Crippen LogP contribution < -0.4 is 0 Å². The maximum absolute atomic E-state index is 10.7. The zero-order valence-electron chi connectivity index (χ0n) is 7.48. The van der Waals surface area contributed by atoms with Crippen molar-refractivity contribution in [2.75, 3.05) is 19.8 Å². The highest BCUT2D eigenvalue weighted by molar-refractivity contribution is 5.73. The minimum absolute atomic E-state index is 0.0750. The molecule has 0 saturated carbocycles. The molecule has 0 aliphatic carbocycles. The van der Waals surface area contributed by atoms with Gasteiger partial charge in [0.05, 0.1) is 6.61 Å². The summed E-state index contributed by atoms with van der Waals surface area (Å²) in [5, 5.41) is 18.8. The van der Waals surface area contributed by atoms with Gasteiger partial charge in [0.1, 0.15) is 6.04 Å². The van der Waals surface area contributed by atoms with E-state index in [-0.39, 0.29) is 6.61 Å². The number of aliphatic hydroxyl groups is 1. The summed E-state index contributed by atoms with van der Waals surface area (Å²) in [7, 11) is 0. The number of hydrogen-bond donors (Lipinski definition) is 2. The summed E-state index contributed by atoms with van der Waals surface area (Å²) >= 11 is 0. The molecule has 13 heavy (non-hydrogen) atoms. The number of aliphatic carboxylic acids is 1. The number of carbonyl (C=O) groups is 1. The van der Waals surface area contributed by atoms with Gasteiger partial charge < -0.3 is 10.2 Å². The second-order valence-electron chi connectivity index (χ2n) is 3.05. The lowest BCUT2D eigenvalue weighted by Gasteiger charge is -2.19. The van der Waals surface area contributed by atoms with Crippen molar-refractivity contribution in [1.29, 1.82) is 0 Å². The summed E-state index contributed by atoms with van der Waals surface area (Å²) < 4.78 is 0. The first-order valence-electron chi connectivity index (χ1n) is 4.49. The van der Waals surface area contributed by atoms with Gasteiger partial charge >= 0.3 is 5.97 Å². The molecular formula is C8H15NO4. The molecule has 0 bridgehead atoms. The number of rotatable bonds is 5. The third kappa shape index (κ3) is 2.95. The van der Waals surface area contributed by atoms with Crippen molar-refractivity contribution in [3.05, 3.63) is 0 Å². The molecule has 1 rings (SSSR count). The number of nitrogens with zero attached hydrogens (tertiary/aromatic N) is 1. The Bertz CT molecular complexity index is 174. The lowest BCUT2D eigenvalue weighted by molar-refractivity contribution is -0.187. The fourth-order valence-corrected chi connectivity index (χ4v) is 1.39. The van der Waals surface area contributed by atoms with E-state index in [1.165, 1.54) is 5.06 Å². The Labute approximate surface area is 76.9 Å². The number of carboxylic acid groups (broad SMARTS) is 1. The van der Waals surface area contributed by atoms with Crippen molar-refractivity contribution in [3.63, 3.8) is 0 Å². The number of hydroxylamine groups is 2. The van der Waals surface area contributed by atoms with Gasteiger partial charge in [-0.3, -0.25) is 9.63 Å². The van der Waals surface area contributed by atoms with Gasteiger partial charge in [0.25, 0.3) is 0 Å². The first-order chi connectivity index (χ1) is 6.25. The predicted octanol–water partition coefficient (Wildman–Crippen LogP) is -0.151. The van der Waals surface area contributed by atoms with Gasteiger partial charge in [-0.15, -0.1) is 0 Å². The van der Waals surface area contributed by atoms with Crippen LogP contribution in [-0.2, 0) is 9.63 Å². The van der Waals surface area contributed by atoms with E-state index in [0.29, 0.717) is 26.0 Å². The van der Waals surface area contributed by atoms with Crippen LogP contribution in [-0.4, -0.2) is 47.0 Å². The molecule has 1 saturated heterocycles. The standard InChI is InChI=1S/C8H15NO4/c10-5-2-6-13-9-4-1-3-7(9)8(11)12/h7,10H,1-6H2,(H,11,12)/t7-/m0/s1. The highest BCUT2D eigenvalue weighted by Gasteiger charge is 2.31. The Morgan fingerprint density at radius 3 is 3.00 bits per heavy atom. The van der Waals surface area contributed by atoms with Gasteiger partial charge in [0.15, 0.2) is 0 Å². The van der Waals surface area contributed by atoms with Gasteiger partial charge in [0.2, 0.25) is 0 Å². The first kappa shape index (κ1) is 10.4. The number of carboxylic acids is 1. The summed E-state index contributed by atoms with van der Waals surface area (Å²) in [6.07, 6.45) is 2.05. The Hall–Kier alpha value is -0.650. The van der Waals surface area contributed by atoms with Crippen molar-refractivity contribution >= 4 is 5.97 Å². The molecule has 5 heteroatoms. The Morgan fingerprint density at radius 2 is 2.38 bits per heavy atom. The zero-order valence-corrected chi connectivity index (χ0v) is 7.48. The lowest BCUT2D eigenvalue weighted by atomic mass is 10.2. The van der Waals surface area contributed by atoms with E-state index >= 15 is 0 Å². The van der Waals surface area contributed by atoms with E-state index in [1.54, 1.807) is 0 Å². The maximum atomic E-state index is 10.7. The van der Waals surface area contributed by atoms with Gasteiger partial charge in [-0.05, 0) is 19.3 Å². The summed E-state index contributed by atoms with van der Waals surface area (Å²) in [5.74, 6) is -0.832. The van der Waals surface area contributed by atoms with Crippen LogP contribution in [0, 0.1) is 0 Å². The molecule has 5 nitrogen and oxygen atoms in total. The molecule has 2 N–H and O–H groups in total. The second kappa shape index (κ2) is 5.16. The Balaban J connectivity index is 2.27. The lowest BCUT2D eigenvalue weighted by Crippen LogP contribution is -2.36. The molecule has 1 aliphatic rings. The van der Waals surface area contributed by atoms with E-state index in [1.807, 2.05) is 0 Å². The fourth-order valence-electron chi connectivity index (χ4n) is 1.39. The van der Waals surface area contributed by atoms with Crippen LogP contribution in [0.15, 0.2) is 0 Å². The summed E-state index contributed by atoms with van der Waals surface area (Å²) in [4.78, 5) is 15.9. The first-order valence-corrected chi connectivity index (χ1v) is 4.49. The van der Waals surface area contributed by atoms with Crippen molar-refractivity contribution < 1.29 is 19.8 Å². The largest absolute Gasteiger partial charge is 0.480 e. The molecule has 1 fully saturated rings. The van der Waals surface area contributed by atoms with E-state index in [4.69, 9.17) is 15.1 Å². The highest BCUT2D eigenvalue weighted by Crippen LogP contribution is 2.17. The molecule has 1 aliphatic heterocycles. The van der Waals surface area contributed by atoms with Crippen LogP contribution in [0.4, 0.5) is 0 Å². The fraction of sp³-hybridized carbons (Fsp3) is 0.875. The zero-order chi connectivity index (χ0) is 9.68. The molecule has 0 unspecified atom stereocenters. The average Bonchev–Trinajstić information content (AvgIpc) is 2.53. The van der Waals surface area contributed by atoms with Crippen LogP contribution in [0.5, 0.6) is 0 Å². The van der Waals surface area contributed by atoms with Gasteiger partial charge in [-0.1, -0.05) is 0 Å². The molecule has 1 heterocycles. The molecular weight excluding hydrogens is 174 g/mol. The van der Waals surface area contributed by atoms with Crippen molar-refractivity contribution in [2.24, 2.45) is 0 Å². The maximum Gasteiger partial charge on any atom is 0.323 e. The molecule has 0 amide bonds. The minimum Gasteiger partial charge on any atom is -0.480 e. The topological polar surface area (TPSA) is 70.0 Å². The van der Waals surface area contributed by atoms with Crippen LogP contribution >= 0.6 is 0 Å². The minimum atomic E-state index is -0.832. The molecule has 0 aromatic carbocycles. The molecule has 0 aromatic rings. The van der Waals surface area contributed by atoms with Crippen LogP contribution in [0.1, 0.15) is 19.3 Å². The summed E-state index contributed by atoms with van der Waals surface area (Å²) in [6.45, 7) is 1.13. The quantitative estimate of drug-likeness (QED) is 0.588. The van der Waals surface area contributed by atoms with Gasteiger partial charge in [-0.2, -0.15) is 5.06 Å².